The summed E-state index contributed by atoms with van der Waals surface area (Å²) in [6.07, 6.45) is 1.36. The van der Waals surface area contributed by atoms with Crippen LogP contribution in [0.2, 0.25) is 0 Å². The molecule has 35 heavy (non-hydrogen) atoms. The number of para-hydroxylation sites is 1. The van der Waals surface area contributed by atoms with E-state index < -0.39 is 5.97 Å². The van der Waals surface area contributed by atoms with Crippen LogP contribution in [0.25, 0.3) is 10.9 Å². The van der Waals surface area contributed by atoms with Crippen LogP contribution in [0.1, 0.15) is 39.3 Å². The van der Waals surface area contributed by atoms with Crippen LogP contribution in [-0.2, 0) is 22.6 Å². The monoisotopic (exact) mass is 475 g/mol. The number of hydrogen-bond donors (Lipinski definition) is 0. The van der Waals surface area contributed by atoms with Crippen molar-refractivity contribution in [2.45, 2.75) is 40.3 Å². The highest BCUT2D eigenvalue weighted by atomic mass is 19.1. The molecule has 0 bridgehead atoms. The number of nitrogens with zero attached hydrogens (tertiary/aromatic N) is 3. The molecule has 0 aliphatic rings. The highest BCUT2D eigenvalue weighted by Gasteiger charge is 2.18. The number of carbonyl (C=O) groups excluding carboxylic acids is 2. The number of hydrogen-bond acceptors (Lipinski definition) is 5. The topological polar surface area (TPSA) is 83.2 Å². The molecular formula is C27H26FN3O4. The zero-order chi connectivity index (χ0) is 25.1. The Morgan fingerprint density at radius 3 is 2.54 bits per heavy atom. The Morgan fingerprint density at radius 2 is 1.80 bits per heavy atom. The molecule has 0 radical (unpaired) electrons. The van der Waals surface area contributed by atoms with Crippen LogP contribution in [0.3, 0.4) is 0 Å². The van der Waals surface area contributed by atoms with Gasteiger partial charge >= 0.3 is 5.97 Å². The van der Waals surface area contributed by atoms with Gasteiger partial charge in [0.15, 0.2) is 6.61 Å². The summed E-state index contributed by atoms with van der Waals surface area (Å²) < 4.78 is 21.7. The van der Waals surface area contributed by atoms with Crippen molar-refractivity contribution in [2.75, 3.05) is 6.61 Å². The first-order valence-electron chi connectivity index (χ1n) is 11.3. The molecule has 8 heteroatoms. The third kappa shape index (κ3) is 5.21. The fourth-order valence-electron chi connectivity index (χ4n) is 4.10. The summed E-state index contributed by atoms with van der Waals surface area (Å²) in [7, 11) is 0. The molecule has 0 fully saturated rings. The minimum atomic E-state index is -0.574. The first-order chi connectivity index (χ1) is 16.7. The van der Waals surface area contributed by atoms with Crippen molar-refractivity contribution < 1.29 is 18.7 Å². The number of Topliss-reactive ketones (excluding diaryl/α,β-unsaturated/α-hetero) is 1. The SMILES string of the molecule is Cc1cccc2c(=O)n(CCC(=O)OCC(=O)c3cc(C)n(Cc4ccc(F)cc4)c3C)cnc12. The Balaban J connectivity index is 1.36. The largest absolute Gasteiger partial charge is 0.457 e. The van der Waals surface area contributed by atoms with Crippen LogP contribution >= 0.6 is 0 Å². The molecule has 0 unspecified atom stereocenters. The lowest BCUT2D eigenvalue weighted by Crippen LogP contribution is -2.23. The second kappa shape index (κ2) is 10.0. The van der Waals surface area contributed by atoms with Crippen molar-refractivity contribution >= 4 is 22.7 Å². The lowest BCUT2D eigenvalue weighted by Gasteiger charge is -2.10. The molecular weight excluding hydrogens is 449 g/mol. The predicted molar refractivity (Wildman–Crippen MR) is 130 cm³/mol. The van der Waals surface area contributed by atoms with E-state index in [0.29, 0.717) is 23.0 Å². The van der Waals surface area contributed by atoms with Crippen LogP contribution in [0, 0.1) is 26.6 Å². The van der Waals surface area contributed by atoms with Gasteiger partial charge in [-0.25, -0.2) is 9.37 Å². The van der Waals surface area contributed by atoms with Gasteiger partial charge in [-0.3, -0.25) is 19.0 Å². The van der Waals surface area contributed by atoms with Gasteiger partial charge in [-0.2, -0.15) is 0 Å². The van der Waals surface area contributed by atoms with E-state index in [9.17, 15) is 18.8 Å². The number of rotatable bonds is 8. The second-order valence-electron chi connectivity index (χ2n) is 8.55. The van der Waals surface area contributed by atoms with Crippen molar-refractivity contribution in [3.8, 4) is 0 Å². The van der Waals surface area contributed by atoms with E-state index in [1.54, 1.807) is 30.3 Å². The fraction of sp³-hybridized carbons (Fsp3) is 0.259. The van der Waals surface area contributed by atoms with E-state index in [2.05, 4.69) is 4.98 Å². The maximum atomic E-state index is 13.2. The Bertz CT molecular complexity index is 1470. The summed E-state index contributed by atoms with van der Waals surface area (Å²) in [4.78, 5) is 42.0. The summed E-state index contributed by atoms with van der Waals surface area (Å²) in [6.45, 7) is 5.81. The Hall–Kier alpha value is -4.07. The van der Waals surface area contributed by atoms with Crippen LogP contribution in [0.4, 0.5) is 4.39 Å². The molecule has 0 amide bonds. The van der Waals surface area contributed by atoms with Gasteiger partial charge in [0.2, 0.25) is 5.78 Å². The Morgan fingerprint density at radius 1 is 1.06 bits per heavy atom. The van der Waals surface area contributed by atoms with E-state index in [0.717, 1.165) is 22.5 Å². The summed E-state index contributed by atoms with van der Waals surface area (Å²) in [5.74, 6) is -1.18. The zero-order valence-corrected chi connectivity index (χ0v) is 19.9. The predicted octanol–water partition coefficient (Wildman–Crippen LogP) is 4.13. The van der Waals surface area contributed by atoms with Gasteiger partial charge in [0, 0.05) is 30.0 Å². The highest BCUT2D eigenvalue weighted by Crippen LogP contribution is 2.18. The van der Waals surface area contributed by atoms with Crippen molar-refractivity contribution in [1.82, 2.24) is 14.1 Å². The van der Waals surface area contributed by atoms with Crippen LogP contribution in [-0.4, -0.2) is 32.5 Å². The molecule has 2 heterocycles. The summed E-state index contributed by atoms with van der Waals surface area (Å²) in [6, 6.07) is 13.4. The molecule has 4 rings (SSSR count). The van der Waals surface area contributed by atoms with Gasteiger partial charge in [-0.1, -0.05) is 24.3 Å². The van der Waals surface area contributed by atoms with Gasteiger partial charge in [0.25, 0.3) is 5.56 Å². The standard InChI is InChI=1S/C27H26FN3O4/c1-17-5-4-6-22-26(17)29-16-30(27(22)34)12-11-25(33)35-15-24(32)23-13-18(2)31(19(23)3)14-20-7-9-21(28)10-8-20/h4-10,13,16H,11-12,14-15H2,1-3H3. The van der Waals surface area contributed by atoms with Gasteiger partial charge in [-0.05, 0) is 56.2 Å². The summed E-state index contributed by atoms with van der Waals surface area (Å²) >= 11 is 0. The average molecular weight is 476 g/mol. The average Bonchev–Trinajstić information content (AvgIpc) is 3.12. The third-order valence-electron chi connectivity index (χ3n) is 6.10. The van der Waals surface area contributed by atoms with E-state index in [1.807, 2.05) is 31.4 Å². The van der Waals surface area contributed by atoms with E-state index >= 15 is 0 Å². The number of fused-ring (bicyclic) bond motifs is 1. The molecule has 7 nitrogen and oxygen atoms in total. The molecule has 4 aromatic rings. The number of aryl methyl sites for hydroxylation is 3. The molecule has 0 atom stereocenters. The number of ketones is 1. The quantitative estimate of drug-likeness (QED) is 0.283. The van der Waals surface area contributed by atoms with Gasteiger partial charge < -0.3 is 9.30 Å². The van der Waals surface area contributed by atoms with Gasteiger partial charge in [0.05, 0.1) is 23.7 Å². The maximum absolute atomic E-state index is 13.2. The van der Waals surface area contributed by atoms with Gasteiger partial charge in [0.1, 0.15) is 5.82 Å². The minimum absolute atomic E-state index is 0.0597. The molecule has 0 saturated carbocycles. The first kappa shape index (κ1) is 24.1. The smallest absolute Gasteiger partial charge is 0.308 e. The molecule has 180 valence electrons. The number of benzene rings is 2. The molecule has 0 saturated heterocycles. The fourth-order valence-corrected chi connectivity index (χ4v) is 4.10. The second-order valence-corrected chi connectivity index (χ2v) is 8.55. The molecule has 0 spiro atoms. The molecule has 0 aliphatic carbocycles. The highest BCUT2D eigenvalue weighted by molar-refractivity contribution is 5.99. The number of carbonyl (C=O) groups is 2. The first-order valence-corrected chi connectivity index (χ1v) is 11.3. The molecule has 0 aliphatic heterocycles. The van der Waals surface area contributed by atoms with E-state index in [4.69, 9.17) is 4.74 Å². The molecule has 2 aromatic carbocycles. The van der Waals surface area contributed by atoms with Crippen molar-refractivity contribution in [3.05, 3.63) is 99.1 Å². The normalized spacial score (nSPS) is 11.1. The zero-order valence-electron chi connectivity index (χ0n) is 19.9. The lowest BCUT2D eigenvalue weighted by atomic mass is 10.1. The summed E-state index contributed by atoms with van der Waals surface area (Å²) in [5.41, 5.74) is 4.32. The maximum Gasteiger partial charge on any atom is 0.308 e. The molecule has 0 N–H and O–H groups in total. The Kier molecular flexibility index (Phi) is 6.91. The number of halogens is 1. The van der Waals surface area contributed by atoms with E-state index in [-0.39, 0.29) is 36.7 Å². The lowest BCUT2D eigenvalue weighted by molar-refractivity contribution is -0.142. The molecule has 2 aromatic heterocycles. The van der Waals surface area contributed by atoms with Crippen LogP contribution in [0.5, 0.6) is 0 Å². The number of aromatic nitrogens is 3. The van der Waals surface area contributed by atoms with Crippen molar-refractivity contribution in [1.29, 1.82) is 0 Å². The number of ether oxygens (including phenoxy) is 1. The third-order valence-corrected chi connectivity index (χ3v) is 6.10. The minimum Gasteiger partial charge on any atom is -0.457 e. The Labute approximate surface area is 201 Å². The van der Waals surface area contributed by atoms with Crippen LogP contribution in [0.15, 0.2) is 59.7 Å². The van der Waals surface area contributed by atoms with Crippen LogP contribution < -0.4 is 5.56 Å². The summed E-state index contributed by atoms with van der Waals surface area (Å²) in [5, 5.41) is 0.493. The van der Waals surface area contributed by atoms with Crippen molar-refractivity contribution in [2.24, 2.45) is 0 Å². The number of esters is 1. The van der Waals surface area contributed by atoms with Crippen molar-refractivity contribution in [3.63, 3.8) is 0 Å². The van der Waals surface area contributed by atoms with Gasteiger partial charge in [-0.15, -0.1) is 0 Å². The van der Waals surface area contributed by atoms with E-state index in [1.165, 1.54) is 23.0 Å².